The van der Waals surface area contributed by atoms with Crippen LogP contribution in [0.2, 0.25) is 0 Å². The number of amides is 2. The smallest absolute Gasteiger partial charge is 0.276 e. The summed E-state index contributed by atoms with van der Waals surface area (Å²) in [6, 6.07) is 10.8. The standard InChI is InChI=1S/C20H18F2N4O3/c1-23-19(27)17(12-8-9-14(21)15(22)10-12)24-20(28)18-16(29-2)11-26(25-18)13-6-4-3-5-7-13/h3-11,17H,1-2H3,(H,23,27)(H,24,28). The molecular weight excluding hydrogens is 382 g/mol. The fraction of sp³-hybridized carbons (Fsp3) is 0.150. The van der Waals surface area contributed by atoms with Gasteiger partial charge >= 0.3 is 0 Å². The minimum Gasteiger partial charge on any atom is -0.493 e. The molecule has 0 saturated carbocycles. The molecule has 150 valence electrons. The molecule has 0 radical (unpaired) electrons. The second-order valence-corrected chi connectivity index (χ2v) is 6.02. The van der Waals surface area contributed by atoms with Crippen molar-refractivity contribution in [2.24, 2.45) is 0 Å². The molecule has 0 saturated heterocycles. The third kappa shape index (κ3) is 4.23. The van der Waals surface area contributed by atoms with Gasteiger partial charge in [-0.3, -0.25) is 9.59 Å². The van der Waals surface area contributed by atoms with Crippen LogP contribution >= 0.6 is 0 Å². The van der Waals surface area contributed by atoms with E-state index >= 15 is 0 Å². The van der Waals surface area contributed by atoms with Crippen molar-refractivity contribution in [3.8, 4) is 11.4 Å². The number of carbonyl (C=O) groups is 2. The molecule has 29 heavy (non-hydrogen) atoms. The average Bonchev–Trinajstić information content (AvgIpc) is 3.18. The monoisotopic (exact) mass is 400 g/mol. The first-order chi connectivity index (χ1) is 13.9. The predicted molar refractivity (Wildman–Crippen MR) is 101 cm³/mol. The SMILES string of the molecule is CNC(=O)C(NC(=O)c1nn(-c2ccccc2)cc1OC)c1ccc(F)c(F)c1. The van der Waals surface area contributed by atoms with E-state index in [9.17, 15) is 18.4 Å². The summed E-state index contributed by atoms with van der Waals surface area (Å²) in [5.74, 6) is -3.32. The quantitative estimate of drug-likeness (QED) is 0.665. The third-order valence-corrected chi connectivity index (χ3v) is 4.20. The van der Waals surface area contributed by atoms with Crippen LogP contribution in [-0.4, -0.2) is 35.8 Å². The summed E-state index contributed by atoms with van der Waals surface area (Å²) in [6.45, 7) is 0. The Morgan fingerprint density at radius 2 is 1.83 bits per heavy atom. The van der Waals surface area contributed by atoms with Gasteiger partial charge in [0.15, 0.2) is 23.1 Å². The van der Waals surface area contributed by atoms with Crippen LogP contribution in [0, 0.1) is 11.6 Å². The van der Waals surface area contributed by atoms with Crippen molar-refractivity contribution in [1.82, 2.24) is 20.4 Å². The van der Waals surface area contributed by atoms with E-state index in [4.69, 9.17) is 4.74 Å². The van der Waals surface area contributed by atoms with E-state index in [1.54, 1.807) is 12.1 Å². The normalized spacial score (nSPS) is 11.6. The van der Waals surface area contributed by atoms with Gasteiger partial charge in [0.05, 0.1) is 19.0 Å². The minimum atomic E-state index is -1.26. The Hall–Kier alpha value is -3.75. The molecule has 0 aliphatic heterocycles. The number of hydrogen-bond acceptors (Lipinski definition) is 4. The van der Waals surface area contributed by atoms with Crippen LogP contribution in [0.3, 0.4) is 0 Å². The molecule has 0 bridgehead atoms. The summed E-state index contributed by atoms with van der Waals surface area (Å²) >= 11 is 0. The number of methoxy groups -OCH3 is 1. The van der Waals surface area contributed by atoms with Gasteiger partial charge in [-0.2, -0.15) is 5.10 Å². The maximum Gasteiger partial charge on any atom is 0.276 e. The second kappa shape index (κ2) is 8.51. The lowest BCUT2D eigenvalue weighted by atomic mass is 10.1. The fourth-order valence-corrected chi connectivity index (χ4v) is 2.71. The summed E-state index contributed by atoms with van der Waals surface area (Å²) in [6.07, 6.45) is 1.52. The van der Waals surface area contributed by atoms with Crippen molar-refractivity contribution in [2.45, 2.75) is 6.04 Å². The van der Waals surface area contributed by atoms with Crippen molar-refractivity contribution < 1.29 is 23.1 Å². The van der Waals surface area contributed by atoms with Crippen LogP contribution in [0.5, 0.6) is 5.75 Å². The molecule has 0 aliphatic rings. The largest absolute Gasteiger partial charge is 0.493 e. The molecule has 1 atom stereocenters. The number of para-hydroxylation sites is 1. The van der Waals surface area contributed by atoms with Gasteiger partial charge < -0.3 is 15.4 Å². The van der Waals surface area contributed by atoms with Crippen LogP contribution in [0.15, 0.2) is 54.7 Å². The lowest BCUT2D eigenvalue weighted by Crippen LogP contribution is -2.39. The fourth-order valence-electron chi connectivity index (χ4n) is 2.71. The molecule has 2 aromatic carbocycles. The van der Waals surface area contributed by atoms with E-state index in [2.05, 4.69) is 15.7 Å². The summed E-state index contributed by atoms with van der Waals surface area (Å²) in [5.41, 5.74) is 0.721. The summed E-state index contributed by atoms with van der Waals surface area (Å²) in [5, 5.41) is 9.11. The van der Waals surface area contributed by atoms with E-state index < -0.39 is 29.5 Å². The highest BCUT2D eigenvalue weighted by atomic mass is 19.2. The van der Waals surface area contributed by atoms with Crippen LogP contribution in [-0.2, 0) is 4.79 Å². The van der Waals surface area contributed by atoms with Crippen molar-refractivity contribution >= 4 is 11.8 Å². The Kier molecular flexibility index (Phi) is 5.87. The van der Waals surface area contributed by atoms with Crippen molar-refractivity contribution in [2.75, 3.05) is 14.2 Å². The maximum absolute atomic E-state index is 13.6. The molecule has 1 heterocycles. The Labute approximate surface area is 165 Å². The molecule has 3 rings (SSSR count). The molecule has 7 nitrogen and oxygen atoms in total. The molecule has 1 unspecified atom stereocenters. The molecule has 2 N–H and O–H groups in total. The van der Waals surface area contributed by atoms with Crippen LogP contribution in [0.25, 0.3) is 5.69 Å². The lowest BCUT2D eigenvalue weighted by Gasteiger charge is -2.17. The van der Waals surface area contributed by atoms with E-state index in [1.807, 2.05) is 18.2 Å². The van der Waals surface area contributed by atoms with Gasteiger partial charge in [-0.05, 0) is 29.8 Å². The molecular formula is C20H18F2N4O3. The highest BCUT2D eigenvalue weighted by Crippen LogP contribution is 2.22. The first kappa shape index (κ1) is 20.0. The van der Waals surface area contributed by atoms with Gasteiger partial charge in [0.25, 0.3) is 5.91 Å². The van der Waals surface area contributed by atoms with Crippen molar-refractivity contribution in [3.05, 3.63) is 77.6 Å². The Bertz CT molecular complexity index is 1040. The molecule has 0 fully saturated rings. The second-order valence-electron chi connectivity index (χ2n) is 6.02. The number of hydrogen-bond donors (Lipinski definition) is 2. The average molecular weight is 400 g/mol. The number of nitrogens with zero attached hydrogens (tertiary/aromatic N) is 2. The topological polar surface area (TPSA) is 85.3 Å². The van der Waals surface area contributed by atoms with Gasteiger partial charge in [0.2, 0.25) is 5.91 Å². The molecule has 0 aliphatic carbocycles. The van der Waals surface area contributed by atoms with Crippen molar-refractivity contribution in [1.29, 1.82) is 0 Å². The highest BCUT2D eigenvalue weighted by Gasteiger charge is 2.27. The molecule has 1 aromatic heterocycles. The number of ether oxygens (including phenoxy) is 1. The van der Waals surface area contributed by atoms with E-state index in [0.29, 0.717) is 5.69 Å². The summed E-state index contributed by atoms with van der Waals surface area (Å²) < 4.78 is 33.5. The first-order valence-electron chi connectivity index (χ1n) is 8.61. The number of benzene rings is 2. The summed E-state index contributed by atoms with van der Waals surface area (Å²) in [4.78, 5) is 25.1. The highest BCUT2D eigenvalue weighted by molar-refractivity contribution is 5.98. The van der Waals surface area contributed by atoms with Gasteiger partial charge in [0, 0.05) is 7.05 Å². The number of halogens is 2. The van der Waals surface area contributed by atoms with Gasteiger partial charge in [-0.25, -0.2) is 13.5 Å². The van der Waals surface area contributed by atoms with E-state index in [1.165, 1.54) is 31.1 Å². The predicted octanol–water partition coefficient (Wildman–Crippen LogP) is 2.38. The maximum atomic E-state index is 13.6. The minimum absolute atomic E-state index is 0.0622. The van der Waals surface area contributed by atoms with E-state index in [0.717, 1.165) is 12.1 Å². The Balaban J connectivity index is 1.92. The van der Waals surface area contributed by atoms with Crippen LogP contribution in [0.1, 0.15) is 22.1 Å². The number of nitrogens with one attached hydrogen (secondary N) is 2. The van der Waals surface area contributed by atoms with Crippen molar-refractivity contribution in [3.63, 3.8) is 0 Å². The molecule has 3 aromatic rings. The molecule has 2 amide bonds. The Morgan fingerprint density at radius 3 is 2.45 bits per heavy atom. The number of likely N-dealkylation sites (N-methyl/N-ethyl adjacent to an activating group) is 1. The van der Waals surface area contributed by atoms with Crippen LogP contribution in [0.4, 0.5) is 8.78 Å². The zero-order valence-corrected chi connectivity index (χ0v) is 15.6. The lowest BCUT2D eigenvalue weighted by molar-refractivity contribution is -0.122. The van der Waals surface area contributed by atoms with Crippen LogP contribution < -0.4 is 15.4 Å². The first-order valence-corrected chi connectivity index (χ1v) is 8.61. The van der Waals surface area contributed by atoms with Gasteiger partial charge in [0.1, 0.15) is 6.04 Å². The number of rotatable bonds is 6. The summed E-state index contributed by atoms with van der Waals surface area (Å²) in [7, 11) is 2.75. The number of carbonyl (C=O) groups excluding carboxylic acids is 2. The zero-order chi connectivity index (χ0) is 21.0. The molecule has 0 spiro atoms. The number of aromatic nitrogens is 2. The molecule has 9 heteroatoms. The van der Waals surface area contributed by atoms with E-state index in [-0.39, 0.29) is 17.0 Å². The van der Waals surface area contributed by atoms with Gasteiger partial charge in [-0.15, -0.1) is 0 Å². The van der Waals surface area contributed by atoms with Gasteiger partial charge in [-0.1, -0.05) is 24.3 Å². The Morgan fingerprint density at radius 1 is 1.10 bits per heavy atom. The third-order valence-electron chi connectivity index (χ3n) is 4.20. The zero-order valence-electron chi connectivity index (χ0n) is 15.6.